The van der Waals surface area contributed by atoms with Gasteiger partial charge in [0.2, 0.25) is 0 Å². The number of hydrogen-bond acceptors (Lipinski definition) is 4. The van der Waals surface area contributed by atoms with Crippen molar-refractivity contribution in [1.29, 1.82) is 10.7 Å². The summed E-state index contributed by atoms with van der Waals surface area (Å²) in [5.74, 6) is 0.678. The Hall–Kier alpha value is -1.55. The van der Waals surface area contributed by atoms with E-state index in [9.17, 15) is 4.39 Å². The summed E-state index contributed by atoms with van der Waals surface area (Å²) in [6, 6.07) is 8.38. The summed E-state index contributed by atoms with van der Waals surface area (Å²) in [6.07, 6.45) is 0. The fourth-order valence-electron chi connectivity index (χ4n) is 2.67. The number of thiophene rings is 1. The first-order chi connectivity index (χ1) is 11.7. The van der Waals surface area contributed by atoms with Crippen molar-refractivity contribution in [3.8, 4) is 16.5 Å². The van der Waals surface area contributed by atoms with E-state index in [1.165, 1.54) is 17.4 Å². The highest BCUT2D eigenvalue weighted by Crippen LogP contribution is 2.46. The second kappa shape index (κ2) is 6.31. The lowest BCUT2D eigenvalue weighted by atomic mass is 10.00. The summed E-state index contributed by atoms with van der Waals surface area (Å²) in [5.41, 5.74) is -0.0926. The SMILES string of the molecule is CC1(C)SC[C@@](C)(c2sc(-c3cccc(C#N)c3F)cc2Cl)NC1=N. The number of amidine groups is 1. The Labute approximate surface area is 159 Å². The smallest absolute Gasteiger partial charge is 0.149 e. The Balaban J connectivity index is 2.02. The van der Waals surface area contributed by atoms with Gasteiger partial charge >= 0.3 is 0 Å². The average Bonchev–Trinajstić information content (AvgIpc) is 2.94. The molecule has 0 spiro atoms. The third-order valence-corrected chi connectivity index (χ3v) is 7.79. The Morgan fingerprint density at radius 3 is 2.72 bits per heavy atom. The number of nitrogens with zero attached hydrogens (tertiary/aromatic N) is 1. The summed E-state index contributed by atoms with van der Waals surface area (Å²) in [7, 11) is 0. The van der Waals surface area contributed by atoms with E-state index in [1.54, 1.807) is 30.0 Å². The fraction of sp³-hybridized carbons (Fsp3) is 0.333. The Bertz CT molecular complexity index is 900. The molecule has 2 aromatic rings. The van der Waals surface area contributed by atoms with Crippen LogP contribution in [0.25, 0.3) is 10.4 Å². The minimum absolute atomic E-state index is 0.0182. The minimum atomic E-state index is -0.528. The highest BCUT2D eigenvalue weighted by atomic mass is 35.5. The van der Waals surface area contributed by atoms with Crippen LogP contribution in [-0.4, -0.2) is 16.3 Å². The second-order valence-corrected chi connectivity index (χ2v) is 9.76. The molecule has 130 valence electrons. The van der Waals surface area contributed by atoms with E-state index in [4.69, 9.17) is 22.3 Å². The molecule has 0 saturated carbocycles. The van der Waals surface area contributed by atoms with Crippen molar-refractivity contribution >= 4 is 40.5 Å². The standard InChI is InChI=1S/C18H17ClFN3S2/c1-17(2)16(22)23-18(3,9-24-17)15-12(19)7-13(25-15)11-6-4-5-10(8-21)14(11)20/h4-7H,9H2,1-3H3,(H2,22,23)/t18-/m0/s1. The lowest BCUT2D eigenvalue weighted by Crippen LogP contribution is -2.56. The molecule has 1 fully saturated rings. The van der Waals surface area contributed by atoms with Crippen LogP contribution in [-0.2, 0) is 5.54 Å². The molecule has 1 atom stereocenters. The molecule has 25 heavy (non-hydrogen) atoms. The van der Waals surface area contributed by atoms with Gasteiger partial charge in [-0.2, -0.15) is 5.26 Å². The van der Waals surface area contributed by atoms with Gasteiger partial charge in [0.1, 0.15) is 17.7 Å². The lowest BCUT2D eigenvalue weighted by Gasteiger charge is -2.42. The van der Waals surface area contributed by atoms with Crippen molar-refractivity contribution in [2.24, 2.45) is 0 Å². The van der Waals surface area contributed by atoms with Crippen molar-refractivity contribution < 1.29 is 4.39 Å². The summed E-state index contributed by atoms with van der Waals surface area (Å²) in [4.78, 5) is 1.55. The largest absolute Gasteiger partial charge is 0.362 e. The van der Waals surface area contributed by atoms with E-state index in [2.05, 4.69) is 5.32 Å². The van der Waals surface area contributed by atoms with Gasteiger partial charge in [-0.3, -0.25) is 5.41 Å². The molecule has 2 heterocycles. The van der Waals surface area contributed by atoms with Crippen LogP contribution in [0.4, 0.5) is 4.39 Å². The molecule has 0 radical (unpaired) electrons. The maximum absolute atomic E-state index is 14.5. The molecule has 1 aromatic heterocycles. The zero-order chi connectivity index (χ0) is 18.4. The van der Waals surface area contributed by atoms with E-state index in [0.29, 0.717) is 21.3 Å². The van der Waals surface area contributed by atoms with Gasteiger partial charge in [-0.25, -0.2) is 4.39 Å². The molecule has 0 aliphatic carbocycles. The lowest BCUT2D eigenvalue weighted by molar-refractivity contribution is 0.483. The molecule has 7 heteroatoms. The first kappa shape index (κ1) is 18.2. The van der Waals surface area contributed by atoms with E-state index < -0.39 is 11.4 Å². The second-order valence-electron chi connectivity index (χ2n) is 6.70. The third-order valence-electron chi connectivity index (χ3n) is 4.30. The van der Waals surface area contributed by atoms with Crippen LogP contribution >= 0.6 is 34.7 Å². The molecule has 1 aliphatic heterocycles. The monoisotopic (exact) mass is 393 g/mol. The van der Waals surface area contributed by atoms with Crippen molar-refractivity contribution in [2.75, 3.05) is 5.75 Å². The Morgan fingerprint density at radius 1 is 1.36 bits per heavy atom. The Kier molecular flexibility index (Phi) is 4.61. The molecular weight excluding hydrogens is 377 g/mol. The van der Waals surface area contributed by atoms with Gasteiger partial charge in [-0.05, 0) is 32.9 Å². The van der Waals surface area contributed by atoms with E-state index in [0.717, 1.165) is 10.6 Å². The number of nitrogens with one attached hydrogen (secondary N) is 2. The first-order valence-corrected chi connectivity index (χ1v) is 9.86. The molecule has 2 N–H and O–H groups in total. The molecule has 1 aromatic carbocycles. The third kappa shape index (κ3) is 3.17. The topological polar surface area (TPSA) is 59.7 Å². The van der Waals surface area contributed by atoms with Crippen LogP contribution in [0, 0.1) is 22.6 Å². The maximum atomic E-state index is 14.5. The quantitative estimate of drug-likeness (QED) is 0.719. The van der Waals surface area contributed by atoms with Crippen molar-refractivity contribution in [3.63, 3.8) is 0 Å². The van der Waals surface area contributed by atoms with E-state index in [-0.39, 0.29) is 10.3 Å². The van der Waals surface area contributed by atoms with Crippen LogP contribution < -0.4 is 5.32 Å². The number of thioether (sulfide) groups is 1. The van der Waals surface area contributed by atoms with Gasteiger partial charge in [-0.1, -0.05) is 23.7 Å². The number of benzene rings is 1. The van der Waals surface area contributed by atoms with Gasteiger partial charge in [0, 0.05) is 21.1 Å². The number of hydrogen-bond donors (Lipinski definition) is 2. The van der Waals surface area contributed by atoms with E-state index >= 15 is 0 Å². The normalized spacial score (nSPS) is 22.3. The highest BCUT2D eigenvalue weighted by Gasteiger charge is 2.42. The average molecular weight is 394 g/mol. The molecule has 3 nitrogen and oxygen atoms in total. The van der Waals surface area contributed by atoms with Crippen LogP contribution in [0.1, 0.15) is 31.2 Å². The molecule has 1 saturated heterocycles. The van der Waals surface area contributed by atoms with Crippen LogP contribution in [0.3, 0.4) is 0 Å². The summed E-state index contributed by atoms with van der Waals surface area (Å²) >= 11 is 9.56. The number of halogens is 2. The van der Waals surface area contributed by atoms with Crippen LogP contribution in [0.5, 0.6) is 0 Å². The first-order valence-electron chi connectivity index (χ1n) is 7.68. The molecule has 3 rings (SSSR count). The zero-order valence-electron chi connectivity index (χ0n) is 14.0. The van der Waals surface area contributed by atoms with Crippen LogP contribution in [0.15, 0.2) is 24.3 Å². The van der Waals surface area contributed by atoms with Gasteiger partial charge < -0.3 is 5.32 Å². The predicted octanol–water partition coefficient (Wildman–Crippen LogP) is 5.39. The fourth-order valence-corrected chi connectivity index (χ4v) is 5.49. The van der Waals surface area contributed by atoms with Gasteiger partial charge in [-0.15, -0.1) is 23.1 Å². The van der Waals surface area contributed by atoms with Crippen LogP contribution in [0.2, 0.25) is 5.02 Å². The summed E-state index contributed by atoms with van der Waals surface area (Å²) in [5, 5.41) is 21.1. The molecule has 0 bridgehead atoms. The summed E-state index contributed by atoms with van der Waals surface area (Å²) < 4.78 is 14.2. The van der Waals surface area contributed by atoms with Crippen molar-refractivity contribution in [3.05, 3.63) is 45.5 Å². The van der Waals surface area contributed by atoms with Gasteiger partial charge in [0.05, 0.1) is 20.9 Å². The zero-order valence-corrected chi connectivity index (χ0v) is 16.4. The predicted molar refractivity (Wildman–Crippen MR) is 104 cm³/mol. The molecular formula is C18H17ClFN3S2. The molecule has 0 amide bonds. The Morgan fingerprint density at radius 2 is 2.08 bits per heavy atom. The maximum Gasteiger partial charge on any atom is 0.149 e. The van der Waals surface area contributed by atoms with Crippen molar-refractivity contribution in [2.45, 2.75) is 31.1 Å². The van der Waals surface area contributed by atoms with Crippen molar-refractivity contribution in [1.82, 2.24) is 5.32 Å². The van der Waals surface area contributed by atoms with Gasteiger partial charge in [0.15, 0.2) is 0 Å². The highest BCUT2D eigenvalue weighted by molar-refractivity contribution is 8.01. The molecule has 0 unspecified atom stereocenters. The number of nitriles is 1. The van der Waals surface area contributed by atoms with E-state index in [1.807, 2.05) is 26.8 Å². The number of rotatable bonds is 2. The minimum Gasteiger partial charge on any atom is -0.362 e. The molecule has 1 aliphatic rings. The summed E-state index contributed by atoms with van der Waals surface area (Å²) in [6.45, 7) is 6.03. The van der Waals surface area contributed by atoms with Gasteiger partial charge in [0.25, 0.3) is 0 Å².